The smallest absolute Gasteiger partial charge is 0.250 e. The molecule has 108 valence electrons. The molecule has 1 amide bonds. The van der Waals surface area contributed by atoms with Crippen LogP contribution in [-0.4, -0.2) is 26.4 Å². The molecule has 0 aliphatic rings. The van der Waals surface area contributed by atoms with Crippen LogP contribution in [0.15, 0.2) is 15.7 Å². The molecule has 0 aliphatic heterocycles. The van der Waals surface area contributed by atoms with Crippen LogP contribution in [0.3, 0.4) is 0 Å². The molecule has 6 nitrogen and oxygen atoms in total. The molecule has 0 bridgehead atoms. The van der Waals surface area contributed by atoms with Gasteiger partial charge < -0.3 is 11.1 Å². The summed E-state index contributed by atoms with van der Waals surface area (Å²) in [7, 11) is -3.57. The second-order valence-electron chi connectivity index (χ2n) is 5.15. The van der Waals surface area contributed by atoms with Crippen molar-refractivity contribution in [3.05, 3.63) is 11.4 Å². The highest BCUT2D eigenvalue weighted by molar-refractivity contribution is 7.91. The van der Waals surface area contributed by atoms with Gasteiger partial charge in [0, 0.05) is 29.6 Å². The first-order valence-electron chi connectivity index (χ1n) is 5.75. The minimum absolute atomic E-state index is 0.0576. The zero-order valence-corrected chi connectivity index (χ0v) is 12.8. The van der Waals surface area contributed by atoms with Crippen LogP contribution in [-0.2, 0) is 14.8 Å². The van der Waals surface area contributed by atoms with E-state index in [0.29, 0.717) is 5.69 Å². The Labute approximate surface area is 117 Å². The SMILES string of the molecule is CC(C)(C)NC(=O)CCNS(=O)(=O)c1cc(N)cs1. The van der Waals surface area contributed by atoms with Crippen LogP contribution in [0.5, 0.6) is 0 Å². The summed E-state index contributed by atoms with van der Waals surface area (Å²) >= 11 is 1.05. The molecule has 4 N–H and O–H groups in total. The van der Waals surface area contributed by atoms with Gasteiger partial charge in [0.1, 0.15) is 4.21 Å². The van der Waals surface area contributed by atoms with Crippen LogP contribution in [0.25, 0.3) is 0 Å². The molecule has 1 aromatic rings. The number of thiophene rings is 1. The van der Waals surface area contributed by atoms with Gasteiger partial charge in [-0.05, 0) is 26.8 Å². The van der Waals surface area contributed by atoms with Gasteiger partial charge in [-0.25, -0.2) is 13.1 Å². The fraction of sp³-hybridized carbons (Fsp3) is 0.545. The summed E-state index contributed by atoms with van der Waals surface area (Å²) in [5, 5.41) is 4.31. The Morgan fingerprint density at radius 2 is 2.05 bits per heavy atom. The molecule has 1 heterocycles. The average molecular weight is 305 g/mol. The van der Waals surface area contributed by atoms with Crippen molar-refractivity contribution in [2.75, 3.05) is 12.3 Å². The molecule has 1 aromatic heterocycles. The molecule has 0 saturated carbocycles. The first-order chi connectivity index (χ1) is 8.60. The monoisotopic (exact) mass is 305 g/mol. The Balaban J connectivity index is 2.47. The summed E-state index contributed by atoms with van der Waals surface area (Å²) in [6, 6.07) is 1.39. The lowest BCUT2D eigenvalue weighted by Gasteiger charge is -2.20. The zero-order valence-electron chi connectivity index (χ0n) is 11.2. The number of carbonyl (C=O) groups excluding carboxylic acids is 1. The highest BCUT2D eigenvalue weighted by Gasteiger charge is 2.17. The Hall–Kier alpha value is -1.12. The van der Waals surface area contributed by atoms with E-state index in [1.54, 1.807) is 5.38 Å². The Kier molecular flexibility index (Phi) is 4.94. The number of carbonyl (C=O) groups is 1. The van der Waals surface area contributed by atoms with Crippen molar-refractivity contribution in [2.45, 2.75) is 36.9 Å². The first kappa shape index (κ1) is 15.9. The molecule has 1 rings (SSSR count). The lowest BCUT2D eigenvalue weighted by Crippen LogP contribution is -2.41. The molecule has 0 aromatic carbocycles. The lowest BCUT2D eigenvalue weighted by atomic mass is 10.1. The van der Waals surface area contributed by atoms with Gasteiger partial charge in [-0.15, -0.1) is 11.3 Å². The highest BCUT2D eigenvalue weighted by Crippen LogP contribution is 2.21. The number of hydrogen-bond acceptors (Lipinski definition) is 5. The topological polar surface area (TPSA) is 101 Å². The van der Waals surface area contributed by atoms with Crippen molar-refractivity contribution in [3.63, 3.8) is 0 Å². The number of nitrogens with one attached hydrogen (secondary N) is 2. The third-order valence-electron chi connectivity index (χ3n) is 2.02. The minimum atomic E-state index is -3.57. The molecule has 8 heteroatoms. The van der Waals surface area contributed by atoms with Gasteiger partial charge in [-0.2, -0.15) is 0 Å². The van der Waals surface area contributed by atoms with E-state index in [1.807, 2.05) is 20.8 Å². The van der Waals surface area contributed by atoms with Crippen LogP contribution in [0, 0.1) is 0 Å². The van der Waals surface area contributed by atoms with Crippen molar-refractivity contribution in [3.8, 4) is 0 Å². The van der Waals surface area contributed by atoms with E-state index >= 15 is 0 Å². The number of sulfonamides is 1. The van der Waals surface area contributed by atoms with E-state index in [1.165, 1.54) is 6.07 Å². The van der Waals surface area contributed by atoms with E-state index < -0.39 is 10.0 Å². The number of amides is 1. The van der Waals surface area contributed by atoms with Crippen molar-refractivity contribution >= 4 is 33.0 Å². The van der Waals surface area contributed by atoms with Gasteiger partial charge in [0.2, 0.25) is 15.9 Å². The Bertz CT molecular complexity index is 544. The summed E-state index contributed by atoms with van der Waals surface area (Å²) in [4.78, 5) is 11.5. The van der Waals surface area contributed by atoms with Gasteiger partial charge in [0.05, 0.1) is 0 Å². The average Bonchev–Trinajstić information content (AvgIpc) is 2.62. The van der Waals surface area contributed by atoms with Crippen LogP contribution < -0.4 is 15.8 Å². The maximum absolute atomic E-state index is 11.8. The van der Waals surface area contributed by atoms with E-state index in [2.05, 4.69) is 10.0 Å². The fourth-order valence-electron chi connectivity index (χ4n) is 1.32. The predicted octanol–water partition coefficient (Wildman–Crippen LogP) is 0.913. The molecule has 0 atom stereocenters. The third-order valence-corrected chi connectivity index (χ3v) is 4.94. The number of nitrogens with two attached hydrogens (primary N) is 1. The number of anilines is 1. The van der Waals surface area contributed by atoms with Crippen molar-refractivity contribution < 1.29 is 13.2 Å². The highest BCUT2D eigenvalue weighted by atomic mass is 32.2. The summed E-state index contributed by atoms with van der Waals surface area (Å²) in [6.45, 7) is 5.65. The Morgan fingerprint density at radius 1 is 1.42 bits per heavy atom. The van der Waals surface area contributed by atoms with Crippen LogP contribution in [0.4, 0.5) is 5.69 Å². The number of hydrogen-bond donors (Lipinski definition) is 3. The van der Waals surface area contributed by atoms with Gasteiger partial charge in [-0.1, -0.05) is 0 Å². The standard InChI is InChI=1S/C11H19N3O3S2/c1-11(2,3)14-9(15)4-5-13-19(16,17)10-6-8(12)7-18-10/h6-7,13H,4-5,12H2,1-3H3,(H,14,15). The quantitative estimate of drug-likeness (QED) is 0.752. The number of nitrogen functional groups attached to an aromatic ring is 1. The zero-order chi connectivity index (χ0) is 14.7. The van der Waals surface area contributed by atoms with Gasteiger partial charge in [0.15, 0.2) is 0 Å². The molecular weight excluding hydrogens is 286 g/mol. The van der Waals surface area contributed by atoms with E-state index in [0.717, 1.165) is 11.3 Å². The molecule has 0 fully saturated rings. The lowest BCUT2D eigenvalue weighted by molar-refractivity contribution is -0.122. The van der Waals surface area contributed by atoms with Gasteiger partial charge in [-0.3, -0.25) is 4.79 Å². The van der Waals surface area contributed by atoms with Gasteiger partial charge >= 0.3 is 0 Å². The minimum Gasteiger partial charge on any atom is -0.398 e. The first-order valence-corrected chi connectivity index (χ1v) is 8.11. The van der Waals surface area contributed by atoms with Crippen LogP contribution in [0.1, 0.15) is 27.2 Å². The predicted molar refractivity (Wildman–Crippen MR) is 76.4 cm³/mol. The molecule has 0 radical (unpaired) electrons. The van der Waals surface area contributed by atoms with Crippen LogP contribution in [0.2, 0.25) is 0 Å². The molecule has 0 saturated heterocycles. The van der Waals surface area contributed by atoms with Crippen LogP contribution >= 0.6 is 11.3 Å². The van der Waals surface area contributed by atoms with Gasteiger partial charge in [0.25, 0.3) is 0 Å². The second kappa shape index (κ2) is 5.89. The third kappa shape index (κ3) is 5.58. The molecule has 19 heavy (non-hydrogen) atoms. The summed E-state index contributed by atoms with van der Waals surface area (Å²) < 4.78 is 26.2. The largest absolute Gasteiger partial charge is 0.398 e. The second-order valence-corrected chi connectivity index (χ2v) is 8.05. The van der Waals surface area contributed by atoms with E-state index in [4.69, 9.17) is 5.73 Å². The maximum atomic E-state index is 11.8. The van der Waals surface area contributed by atoms with Crippen molar-refractivity contribution in [2.24, 2.45) is 0 Å². The fourth-order valence-corrected chi connectivity index (χ4v) is 3.48. The maximum Gasteiger partial charge on any atom is 0.250 e. The molecular formula is C11H19N3O3S2. The van der Waals surface area contributed by atoms with E-state index in [-0.39, 0.29) is 28.6 Å². The Morgan fingerprint density at radius 3 is 2.53 bits per heavy atom. The summed E-state index contributed by atoms with van der Waals surface area (Å²) in [5.41, 5.74) is 5.57. The number of rotatable bonds is 5. The summed E-state index contributed by atoms with van der Waals surface area (Å²) in [6.07, 6.45) is 0.0946. The normalized spacial score (nSPS) is 12.4. The summed E-state index contributed by atoms with van der Waals surface area (Å²) in [5.74, 6) is -0.194. The molecule has 0 spiro atoms. The van der Waals surface area contributed by atoms with E-state index in [9.17, 15) is 13.2 Å². The molecule has 0 aliphatic carbocycles. The van der Waals surface area contributed by atoms with Crippen molar-refractivity contribution in [1.29, 1.82) is 0 Å². The molecule has 0 unspecified atom stereocenters. The van der Waals surface area contributed by atoms with Crippen molar-refractivity contribution in [1.82, 2.24) is 10.0 Å².